The summed E-state index contributed by atoms with van der Waals surface area (Å²) in [6.45, 7) is 9.27. The van der Waals surface area contributed by atoms with Gasteiger partial charge in [0.25, 0.3) is 0 Å². The maximum Gasteiger partial charge on any atom is 0.220 e. The summed E-state index contributed by atoms with van der Waals surface area (Å²) >= 11 is 0. The first-order valence-corrected chi connectivity index (χ1v) is 7.41. The van der Waals surface area contributed by atoms with Crippen molar-refractivity contribution in [2.24, 2.45) is 11.1 Å². The van der Waals surface area contributed by atoms with Gasteiger partial charge in [-0.2, -0.15) is 0 Å². The first kappa shape index (κ1) is 17.4. The largest absolute Gasteiger partial charge is 0.353 e. The summed E-state index contributed by atoms with van der Waals surface area (Å²) in [5.41, 5.74) is 5.69. The quantitative estimate of drug-likeness (QED) is 0.622. The summed E-state index contributed by atoms with van der Waals surface area (Å²) < 4.78 is 0. The monoisotopic (exact) mass is 256 g/mol. The highest BCUT2D eigenvalue weighted by Crippen LogP contribution is 2.21. The van der Waals surface area contributed by atoms with Crippen LogP contribution in [0, 0.1) is 5.41 Å². The van der Waals surface area contributed by atoms with Gasteiger partial charge in [0.1, 0.15) is 0 Å². The molecule has 3 heteroatoms. The molecule has 3 N–H and O–H groups in total. The number of amides is 1. The van der Waals surface area contributed by atoms with Gasteiger partial charge in [0, 0.05) is 12.5 Å². The van der Waals surface area contributed by atoms with Gasteiger partial charge in [0.05, 0.1) is 0 Å². The molecule has 0 aromatic heterocycles. The minimum atomic E-state index is 0.0806. The zero-order valence-electron chi connectivity index (χ0n) is 12.7. The fourth-order valence-electron chi connectivity index (χ4n) is 2.04. The van der Waals surface area contributed by atoms with Crippen molar-refractivity contribution in [1.29, 1.82) is 0 Å². The lowest BCUT2D eigenvalue weighted by Crippen LogP contribution is -2.44. The Morgan fingerprint density at radius 1 is 1.17 bits per heavy atom. The van der Waals surface area contributed by atoms with E-state index in [4.69, 9.17) is 5.73 Å². The average molecular weight is 256 g/mol. The molecule has 0 fully saturated rings. The Morgan fingerprint density at radius 3 is 2.28 bits per heavy atom. The SMILES string of the molecule is CCCCCCCC(=O)NC(CCN)C(C)(C)C. The van der Waals surface area contributed by atoms with Crippen LogP contribution in [0.2, 0.25) is 0 Å². The Balaban J connectivity index is 3.89. The molecule has 0 aromatic carbocycles. The molecular weight excluding hydrogens is 224 g/mol. The molecule has 0 saturated heterocycles. The molecule has 0 aromatic rings. The van der Waals surface area contributed by atoms with Gasteiger partial charge in [-0.3, -0.25) is 4.79 Å². The topological polar surface area (TPSA) is 55.1 Å². The highest BCUT2D eigenvalue weighted by atomic mass is 16.1. The average Bonchev–Trinajstić information content (AvgIpc) is 2.27. The zero-order chi connectivity index (χ0) is 14.0. The molecule has 3 nitrogen and oxygen atoms in total. The van der Waals surface area contributed by atoms with E-state index in [0.29, 0.717) is 13.0 Å². The Morgan fingerprint density at radius 2 is 1.78 bits per heavy atom. The minimum Gasteiger partial charge on any atom is -0.353 e. The number of carbonyl (C=O) groups excluding carboxylic acids is 1. The van der Waals surface area contributed by atoms with E-state index in [-0.39, 0.29) is 17.4 Å². The lowest BCUT2D eigenvalue weighted by atomic mass is 9.84. The van der Waals surface area contributed by atoms with Crippen molar-refractivity contribution >= 4 is 5.91 Å². The van der Waals surface area contributed by atoms with E-state index in [1.165, 1.54) is 25.7 Å². The van der Waals surface area contributed by atoms with Gasteiger partial charge in [0.15, 0.2) is 0 Å². The van der Waals surface area contributed by atoms with Crippen molar-refractivity contribution in [2.45, 2.75) is 78.7 Å². The summed E-state index contributed by atoms with van der Waals surface area (Å²) in [6, 6.07) is 0.186. The predicted octanol–water partition coefficient (Wildman–Crippen LogP) is 3.23. The van der Waals surface area contributed by atoms with Gasteiger partial charge in [-0.25, -0.2) is 0 Å². The smallest absolute Gasteiger partial charge is 0.220 e. The normalized spacial score (nSPS) is 13.4. The van der Waals surface area contributed by atoms with E-state index in [1.54, 1.807) is 0 Å². The van der Waals surface area contributed by atoms with E-state index in [0.717, 1.165) is 12.8 Å². The standard InChI is InChI=1S/C15H32N2O/c1-5-6-7-8-9-10-14(18)17-13(11-12-16)15(2,3)4/h13H,5-12,16H2,1-4H3,(H,17,18). The second-order valence-corrected chi connectivity index (χ2v) is 6.23. The first-order valence-electron chi connectivity index (χ1n) is 7.41. The summed E-state index contributed by atoms with van der Waals surface area (Å²) in [5, 5.41) is 3.13. The summed E-state index contributed by atoms with van der Waals surface area (Å²) in [6.07, 6.45) is 7.44. The van der Waals surface area contributed by atoms with Gasteiger partial charge in [0.2, 0.25) is 5.91 Å². The third-order valence-electron chi connectivity index (χ3n) is 3.34. The van der Waals surface area contributed by atoms with E-state index in [9.17, 15) is 4.79 Å². The fourth-order valence-corrected chi connectivity index (χ4v) is 2.04. The maximum absolute atomic E-state index is 11.9. The number of nitrogens with one attached hydrogen (secondary N) is 1. The molecule has 0 rings (SSSR count). The molecule has 0 aliphatic rings. The lowest BCUT2D eigenvalue weighted by molar-refractivity contribution is -0.122. The molecule has 18 heavy (non-hydrogen) atoms. The Hall–Kier alpha value is -0.570. The molecule has 0 aliphatic carbocycles. The van der Waals surface area contributed by atoms with E-state index >= 15 is 0 Å². The van der Waals surface area contributed by atoms with Crippen LogP contribution in [0.15, 0.2) is 0 Å². The van der Waals surface area contributed by atoms with Gasteiger partial charge >= 0.3 is 0 Å². The van der Waals surface area contributed by atoms with E-state index < -0.39 is 0 Å². The number of hydrogen-bond acceptors (Lipinski definition) is 2. The highest BCUT2D eigenvalue weighted by Gasteiger charge is 2.25. The third-order valence-corrected chi connectivity index (χ3v) is 3.34. The molecule has 1 unspecified atom stereocenters. The minimum absolute atomic E-state index is 0.0806. The van der Waals surface area contributed by atoms with Gasteiger partial charge in [-0.05, 0) is 24.8 Å². The lowest BCUT2D eigenvalue weighted by Gasteiger charge is -2.31. The number of hydrogen-bond donors (Lipinski definition) is 2. The number of unbranched alkanes of at least 4 members (excludes halogenated alkanes) is 4. The summed E-state index contributed by atoms with van der Waals surface area (Å²) in [7, 11) is 0. The number of nitrogens with two attached hydrogens (primary N) is 1. The molecule has 0 bridgehead atoms. The maximum atomic E-state index is 11.9. The second kappa shape index (κ2) is 9.37. The van der Waals surface area contributed by atoms with Gasteiger partial charge in [-0.1, -0.05) is 53.4 Å². The number of rotatable bonds is 9. The van der Waals surface area contributed by atoms with E-state index in [2.05, 4.69) is 33.0 Å². The molecule has 1 atom stereocenters. The van der Waals surface area contributed by atoms with Crippen molar-refractivity contribution in [3.63, 3.8) is 0 Å². The fraction of sp³-hybridized carbons (Fsp3) is 0.933. The van der Waals surface area contributed by atoms with Gasteiger partial charge < -0.3 is 11.1 Å². The molecule has 0 heterocycles. The van der Waals surface area contributed by atoms with Crippen LogP contribution in [0.5, 0.6) is 0 Å². The summed E-state index contributed by atoms with van der Waals surface area (Å²) in [5.74, 6) is 0.180. The Labute approximate surface area is 113 Å². The zero-order valence-corrected chi connectivity index (χ0v) is 12.7. The Bertz CT molecular complexity index is 221. The first-order chi connectivity index (χ1) is 8.41. The molecule has 108 valence electrons. The van der Waals surface area contributed by atoms with Crippen LogP contribution in [-0.4, -0.2) is 18.5 Å². The van der Waals surface area contributed by atoms with Crippen LogP contribution >= 0.6 is 0 Å². The Kier molecular flexibility index (Phi) is 9.08. The van der Waals surface area contributed by atoms with Crippen LogP contribution in [0.3, 0.4) is 0 Å². The number of carbonyl (C=O) groups is 1. The van der Waals surface area contributed by atoms with Crippen molar-refractivity contribution in [3.8, 4) is 0 Å². The van der Waals surface area contributed by atoms with Crippen molar-refractivity contribution in [2.75, 3.05) is 6.54 Å². The molecule has 0 radical (unpaired) electrons. The van der Waals surface area contributed by atoms with Crippen LogP contribution in [0.25, 0.3) is 0 Å². The summed E-state index contributed by atoms with van der Waals surface area (Å²) in [4.78, 5) is 11.9. The highest BCUT2D eigenvalue weighted by molar-refractivity contribution is 5.76. The molecular formula is C15H32N2O. The van der Waals surface area contributed by atoms with Crippen LogP contribution in [0.1, 0.15) is 72.6 Å². The van der Waals surface area contributed by atoms with Crippen LogP contribution in [-0.2, 0) is 4.79 Å². The van der Waals surface area contributed by atoms with Crippen LogP contribution in [0.4, 0.5) is 0 Å². The molecule has 1 amide bonds. The van der Waals surface area contributed by atoms with Crippen molar-refractivity contribution < 1.29 is 4.79 Å². The second-order valence-electron chi connectivity index (χ2n) is 6.23. The van der Waals surface area contributed by atoms with Crippen molar-refractivity contribution in [1.82, 2.24) is 5.32 Å². The van der Waals surface area contributed by atoms with Gasteiger partial charge in [-0.15, -0.1) is 0 Å². The van der Waals surface area contributed by atoms with Crippen molar-refractivity contribution in [3.05, 3.63) is 0 Å². The molecule has 0 aliphatic heterocycles. The molecule has 0 spiro atoms. The third kappa shape index (κ3) is 8.51. The molecule has 0 saturated carbocycles. The predicted molar refractivity (Wildman–Crippen MR) is 78.4 cm³/mol. The van der Waals surface area contributed by atoms with E-state index in [1.807, 2.05) is 0 Å². The van der Waals surface area contributed by atoms with Crippen LogP contribution < -0.4 is 11.1 Å².